The predicted molar refractivity (Wildman–Crippen MR) is 129 cm³/mol. The summed E-state index contributed by atoms with van der Waals surface area (Å²) in [6.45, 7) is 0.274. The molecule has 0 bridgehead atoms. The number of carbonyl (C=O) groups is 1. The van der Waals surface area contributed by atoms with Crippen LogP contribution < -0.4 is 20.3 Å². The van der Waals surface area contributed by atoms with E-state index in [0.717, 1.165) is 29.5 Å². The van der Waals surface area contributed by atoms with Gasteiger partial charge in [-0.05, 0) is 24.5 Å². The molecule has 1 aliphatic rings. The van der Waals surface area contributed by atoms with Crippen LogP contribution in [0.1, 0.15) is 24.4 Å². The number of para-hydroxylation sites is 1. The first-order valence-corrected chi connectivity index (χ1v) is 11.2. The highest BCUT2D eigenvalue weighted by molar-refractivity contribution is 5.93. The molecule has 0 spiro atoms. The molecule has 0 saturated heterocycles. The molecular weight excluding hydrogens is 432 g/mol. The van der Waals surface area contributed by atoms with Crippen molar-refractivity contribution < 1.29 is 14.3 Å². The van der Waals surface area contributed by atoms with Crippen LogP contribution in [0, 0.1) is 0 Å². The maximum atomic E-state index is 13.3. The van der Waals surface area contributed by atoms with Crippen molar-refractivity contribution in [2.45, 2.75) is 32.0 Å². The number of aromatic nitrogens is 3. The number of amides is 1. The largest absolute Gasteiger partial charge is 0.493 e. The third-order valence-corrected chi connectivity index (χ3v) is 6.10. The van der Waals surface area contributed by atoms with Crippen molar-refractivity contribution >= 4 is 16.9 Å². The second-order valence-corrected chi connectivity index (χ2v) is 8.35. The summed E-state index contributed by atoms with van der Waals surface area (Å²) in [7, 11) is 3.14. The molecule has 0 atom stereocenters. The number of hydrogen-bond acceptors (Lipinski definition) is 5. The van der Waals surface area contributed by atoms with E-state index in [1.807, 2.05) is 48.7 Å². The van der Waals surface area contributed by atoms with Crippen LogP contribution in [-0.2, 0) is 17.9 Å². The van der Waals surface area contributed by atoms with E-state index in [9.17, 15) is 9.59 Å². The average Bonchev–Trinajstić information content (AvgIpc) is 3.64. The summed E-state index contributed by atoms with van der Waals surface area (Å²) in [4.78, 5) is 30.9. The van der Waals surface area contributed by atoms with Gasteiger partial charge in [0.15, 0.2) is 11.5 Å². The molecule has 1 N–H and O–H groups in total. The molecule has 2 heterocycles. The first-order chi connectivity index (χ1) is 16.6. The number of fused-ring (bicyclic) bond motifs is 1. The van der Waals surface area contributed by atoms with Crippen LogP contribution in [0.25, 0.3) is 22.2 Å². The van der Waals surface area contributed by atoms with Gasteiger partial charge in [-0.1, -0.05) is 42.5 Å². The van der Waals surface area contributed by atoms with E-state index in [1.165, 1.54) is 0 Å². The molecular formula is C26H26N4O4. The van der Waals surface area contributed by atoms with Crippen LogP contribution >= 0.6 is 0 Å². The van der Waals surface area contributed by atoms with Crippen LogP contribution in [0.2, 0.25) is 0 Å². The summed E-state index contributed by atoms with van der Waals surface area (Å²) >= 11 is 0. The highest BCUT2D eigenvalue weighted by Crippen LogP contribution is 2.34. The molecule has 1 aliphatic carbocycles. The lowest BCUT2D eigenvalue weighted by molar-refractivity contribution is -0.121. The lowest BCUT2D eigenvalue weighted by Crippen LogP contribution is -2.29. The monoisotopic (exact) mass is 458 g/mol. The molecule has 2 aromatic heterocycles. The average molecular weight is 459 g/mol. The molecule has 1 amide bonds. The van der Waals surface area contributed by atoms with Gasteiger partial charge in [-0.3, -0.25) is 14.2 Å². The van der Waals surface area contributed by atoms with Gasteiger partial charge in [0.1, 0.15) is 17.6 Å². The topological polar surface area (TPSA) is 87.4 Å². The second-order valence-electron chi connectivity index (χ2n) is 8.35. The molecule has 8 nitrogen and oxygen atoms in total. The van der Waals surface area contributed by atoms with Crippen molar-refractivity contribution in [3.8, 4) is 22.6 Å². The highest BCUT2D eigenvalue weighted by atomic mass is 16.5. The van der Waals surface area contributed by atoms with Crippen molar-refractivity contribution in [2.75, 3.05) is 14.2 Å². The SMILES string of the molecule is COc1cccc(CNC(=O)Cn2cc(-c3ccccc3)c3ncn(C4CC4)c(=O)c32)c1OC. The van der Waals surface area contributed by atoms with E-state index in [0.29, 0.717) is 22.5 Å². The minimum absolute atomic E-state index is 0.00121. The summed E-state index contributed by atoms with van der Waals surface area (Å²) in [5.41, 5.74) is 3.52. The zero-order valence-corrected chi connectivity index (χ0v) is 19.2. The Bertz CT molecular complexity index is 1400. The summed E-state index contributed by atoms with van der Waals surface area (Å²) in [5, 5.41) is 2.93. The second kappa shape index (κ2) is 9.05. The Labute approximate surface area is 196 Å². The number of benzene rings is 2. The Morgan fingerprint density at radius 2 is 1.88 bits per heavy atom. The quantitative estimate of drug-likeness (QED) is 0.437. The fourth-order valence-electron chi connectivity index (χ4n) is 4.26. The Balaban J connectivity index is 1.46. The van der Waals surface area contributed by atoms with E-state index < -0.39 is 0 Å². The van der Waals surface area contributed by atoms with Gasteiger partial charge in [0.2, 0.25) is 5.91 Å². The van der Waals surface area contributed by atoms with Gasteiger partial charge in [-0.2, -0.15) is 0 Å². The smallest absolute Gasteiger partial charge is 0.278 e. The Hall–Kier alpha value is -4.07. The Morgan fingerprint density at radius 1 is 1.09 bits per heavy atom. The number of rotatable bonds is 8. The maximum Gasteiger partial charge on any atom is 0.278 e. The molecule has 0 radical (unpaired) electrons. The summed E-state index contributed by atoms with van der Waals surface area (Å²) in [6, 6.07) is 15.5. The van der Waals surface area contributed by atoms with E-state index in [1.54, 1.807) is 35.7 Å². The number of ether oxygens (including phenoxy) is 2. The minimum Gasteiger partial charge on any atom is -0.493 e. The minimum atomic E-state index is -0.220. The Kier molecular flexibility index (Phi) is 5.79. The number of nitrogens with one attached hydrogen (secondary N) is 1. The molecule has 2 aromatic carbocycles. The van der Waals surface area contributed by atoms with Crippen LogP contribution in [0.5, 0.6) is 11.5 Å². The molecule has 1 fully saturated rings. The zero-order valence-electron chi connectivity index (χ0n) is 19.2. The third-order valence-electron chi connectivity index (χ3n) is 6.10. The maximum absolute atomic E-state index is 13.3. The van der Waals surface area contributed by atoms with Gasteiger partial charge in [-0.25, -0.2) is 4.98 Å². The van der Waals surface area contributed by atoms with Gasteiger partial charge in [0.25, 0.3) is 5.56 Å². The Morgan fingerprint density at radius 3 is 2.59 bits per heavy atom. The summed E-state index contributed by atoms with van der Waals surface area (Å²) < 4.78 is 14.2. The fourth-order valence-corrected chi connectivity index (χ4v) is 4.26. The zero-order chi connectivity index (χ0) is 23.7. The molecule has 5 rings (SSSR count). The van der Waals surface area contributed by atoms with E-state index in [4.69, 9.17) is 9.47 Å². The molecule has 1 saturated carbocycles. The van der Waals surface area contributed by atoms with Crippen LogP contribution in [-0.4, -0.2) is 34.2 Å². The summed E-state index contributed by atoms with van der Waals surface area (Å²) in [5.74, 6) is 0.965. The highest BCUT2D eigenvalue weighted by Gasteiger charge is 2.27. The van der Waals surface area contributed by atoms with Crippen molar-refractivity contribution in [3.63, 3.8) is 0 Å². The molecule has 0 unspecified atom stereocenters. The van der Waals surface area contributed by atoms with Gasteiger partial charge in [0.05, 0.1) is 20.5 Å². The molecule has 34 heavy (non-hydrogen) atoms. The molecule has 8 heteroatoms. The lowest BCUT2D eigenvalue weighted by Gasteiger charge is -2.13. The van der Waals surface area contributed by atoms with Crippen LogP contribution in [0.3, 0.4) is 0 Å². The van der Waals surface area contributed by atoms with Crippen LogP contribution in [0.15, 0.2) is 65.8 Å². The van der Waals surface area contributed by atoms with Crippen molar-refractivity contribution in [2.24, 2.45) is 0 Å². The van der Waals surface area contributed by atoms with Gasteiger partial charge < -0.3 is 19.4 Å². The summed E-state index contributed by atoms with van der Waals surface area (Å²) in [6.07, 6.45) is 5.43. The fraction of sp³-hybridized carbons (Fsp3) is 0.269. The van der Waals surface area contributed by atoms with Gasteiger partial charge in [-0.15, -0.1) is 0 Å². The number of carbonyl (C=O) groups excluding carboxylic acids is 1. The van der Waals surface area contributed by atoms with E-state index >= 15 is 0 Å². The predicted octanol–water partition coefficient (Wildman–Crippen LogP) is 3.53. The standard InChI is InChI=1S/C26H26N4O4/c1-33-21-10-6-9-18(25(21)34-2)13-27-22(31)15-29-14-20(17-7-4-3-5-8-17)23-24(29)26(32)30(16-28-23)19-11-12-19/h3-10,14,16,19H,11-13,15H2,1-2H3,(H,27,31). The van der Waals surface area contributed by atoms with Gasteiger partial charge in [0, 0.05) is 29.9 Å². The first kappa shape index (κ1) is 21.8. The van der Waals surface area contributed by atoms with Crippen molar-refractivity contribution in [1.82, 2.24) is 19.4 Å². The molecule has 4 aromatic rings. The van der Waals surface area contributed by atoms with E-state index in [-0.39, 0.29) is 30.6 Å². The molecule has 0 aliphatic heterocycles. The number of hydrogen-bond donors (Lipinski definition) is 1. The number of nitrogens with zero attached hydrogens (tertiary/aromatic N) is 3. The normalized spacial score (nSPS) is 13.1. The molecule has 174 valence electrons. The van der Waals surface area contributed by atoms with E-state index in [2.05, 4.69) is 10.3 Å². The third kappa shape index (κ3) is 4.03. The van der Waals surface area contributed by atoms with Crippen molar-refractivity contribution in [3.05, 3.63) is 77.0 Å². The van der Waals surface area contributed by atoms with Crippen LogP contribution in [0.4, 0.5) is 0 Å². The lowest BCUT2D eigenvalue weighted by atomic mass is 10.1. The van der Waals surface area contributed by atoms with Gasteiger partial charge >= 0.3 is 0 Å². The van der Waals surface area contributed by atoms with Crippen molar-refractivity contribution in [1.29, 1.82) is 0 Å². The number of methoxy groups -OCH3 is 2. The first-order valence-electron chi connectivity index (χ1n) is 11.2.